The Morgan fingerprint density at radius 2 is 1.49 bits per heavy atom. The Labute approximate surface area is 271 Å². The molecule has 0 bridgehead atoms. The molecule has 7 nitrogen and oxygen atoms in total. The van der Waals surface area contributed by atoms with Crippen LogP contribution in [0.2, 0.25) is 0 Å². The van der Waals surface area contributed by atoms with E-state index in [9.17, 15) is 24.6 Å². The quantitative estimate of drug-likeness (QED) is 0.0980. The van der Waals surface area contributed by atoms with Crippen molar-refractivity contribution in [1.29, 1.82) is 0 Å². The number of allylic oxidation sites excluding steroid dienone is 2. The number of aliphatic hydroxyl groups is 2. The van der Waals surface area contributed by atoms with E-state index < -0.39 is 46.4 Å². The lowest BCUT2D eigenvalue weighted by molar-refractivity contribution is -0.224. The van der Waals surface area contributed by atoms with E-state index in [2.05, 4.69) is 6.92 Å². The molecule has 8 atom stereocenters. The smallest absolute Gasteiger partial charge is 0.306 e. The normalized spacial score (nSPS) is 34.5. The van der Waals surface area contributed by atoms with E-state index in [0.717, 1.165) is 19.3 Å². The van der Waals surface area contributed by atoms with Gasteiger partial charge in [0.25, 0.3) is 0 Å². The fraction of sp³-hybridized carbons (Fsp3) is 0.816. The van der Waals surface area contributed by atoms with E-state index in [1.165, 1.54) is 71.1 Å². The van der Waals surface area contributed by atoms with Gasteiger partial charge in [-0.15, -0.1) is 0 Å². The van der Waals surface area contributed by atoms with Gasteiger partial charge >= 0.3 is 11.9 Å². The van der Waals surface area contributed by atoms with E-state index in [1.807, 2.05) is 32.9 Å². The van der Waals surface area contributed by atoms with Crippen molar-refractivity contribution in [1.82, 2.24) is 0 Å². The Morgan fingerprint density at radius 3 is 2.02 bits per heavy atom. The summed E-state index contributed by atoms with van der Waals surface area (Å²) < 4.78 is 12.4. The Kier molecular flexibility index (Phi) is 11.8. The van der Waals surface area contributed by atoms with Crippen LogP contribution in [0.15, 0.2) is 23.3 Å². The minimum absolute atomic E-state index is 0.0462. The zero-order chi connectivity index (χ0) is 33.0. The van der Waals surface area contributed by atoms with Gasteiger partial charge in [-0.2, -0.15) is 0 Å². The topological polar surface area (TPSA) is 110 Å². The number of carbonyl (C=O) groups excluding carboxylic acids is 3. The highest BCUT2D eigenvalue weighted by molar-refractivity contribution is 6.01. The highest BCUT2D eigenvalue weighted by Gasteiger charge is 2.87. The van der Waals surface area contributed by atoms with Crippen LogP contribution in [-0.2, 0) is 23.9 Å². The van der Waals surface area contributed by atoms with E-state index in [0.29, 0.717) is 17.6 Å². The molecule has 0 heterocycles. The van der Waals surface area contributed by atoms with Crippen LogP contribution in [0, 0.1) is 35.0 Å². The summed E-state index contributed by atoms with van der Waals surface area (Å²) in [6.45, 7) is 11.1. The molecule has 2 N–H and O–H groups in total. The van der Waals surface area contributed by atoms with Crippen LogP contribution in [-0.4, -0.2) is 51.8 Å². The summed E-state index contributed by atoms with van der Waals surface area (Å²) in [6, 6.07) is 0. The van der Waals surface area contributed by atoms with Crippen LogP contribution in [0.3, 0.4) is 0 Å². The van der Waals surface area contributed by atoms with E-state index in [-0.39, 0.29) is 36.6 Å². The first-order valence-electron chi connectivity index (χ1n) is 18.0. The van der Waals surface area contributed by atoms with E-state index >= 15 is 0 Å². The molecule has 4 aliphatic rings. The summed E-state index contributed by atoms with van der Waals surface area (Å²) in [4.78, 5) is 39.1. The van der Waals surface area contributed by atoms with Gasteiger partial charge in [-0.1, -0.05) is 117 Å². The maximum absolute atomic E-state index is 13.4. The summed E-state index contributed by atoms with van der Waals surface area (Å²) in [5, 5.41) is 23.0. The summed E-state index contributed by atoms with van der Waals surface area (Å²) in [6.07, 6.45) is 19.4. The number of ether oxygens (including phenoxy) is 2. The van der Waals surface area contributed by atoms with Crippen LogP contribution in [0.5, 0.6) is 0 Å². The minimum atomic E-state index is -1.39. The first-order valence-corrected chi connectivity index (χ1v) is 18.0. The molecule has 0 amide bonds. The van der Waals surface area contributed by atoms with Crippen molar-refractivity contribution in [3.8, 4) is 0 Å². The van der Waals surface area contributed by atoms with Crippen LogP contribution in [0.4, 0.5) is 0 Å². The molecule has 4 rings (SSSR count). The summed E-state index contributed by atoms with van der Waals surface area (Å²) in [5.74, 6) is -3.21. The zero-order valence-corrected chi connectivity index (χ0v) is 28.9. The Balaban J connectivity index is 1.39. The second kappa shape index (κ2) is 14.8. The molecular weight excluding hydrogens is 568 g/mol. The molecule has 45 heavy (non-hydrogen) atoms. The van der Waals surface area contributed by atoms with E-state index in [1.54, 1.807) is 6.92 Å². The molecule has 2 fully saturated rings. The van der Waals surface area contributed by atoms with Gasteiger partial charge in [0, 0.05) is 42.4 Å². The highest BCUT2D eigenvalue weighted by atomic mass is 16.6. The van der Waals surface area contributed by atoms with Crippen molar-refractivity contribution in [2.75, 3.05) is 6.61 Å². The van der Waals surface area contributed by atoms with Gasteiger partial charge < -0.3 is 19.7 Å². The molecule has 0 radical (unpaired) electrons. The van der Waals surface area contributed by atoms with Crippen LogP contribution >= 0.6 is 0 Å². The predicted octanol–water partition coefficient (Wildman–Crippen LogP) is 7.42. The molecule has 0 aromatic heterocycles. The highest BCUT2D eigenvalue weighted by Crippen LogP contribution is 2.77. The van der Waals surface area contributed by atoms with Gasteiger partial charge in [0.2, 0.25) is 0 Å². The Morgan fingerprint density at radius 1 is 0.933 bits per heavy atom. The Hall–Kier alpha value is -1.99. The van der Waals surface area contributed by atoms with Crippen molar-refractivity contribution < 1.29 is 34.1 Å². The van der Waals surface area contributed by atoms with Gasteiger partial charge in [-0.3, -0.25) is 14.4 Å². The lowest BCUT2D eigenvalue weighted by Gasteiger charge is -2.52. The third-order valence-corrected chi connectivity index (χ3v) is 12.0. The maximum atomic E-state index is 13.4. The summed E-state index contributed by atoms with van der Waals surface area (Å²) >= 11 is 0. The molecular formula is C38H60O7. The van der Waals surface area contributed by atoms with Gasteiger partial charge in [0.1, 0.15) is 6.10 Å². The van der Waals surface area contributed by atoms with Crippen LogP contribution in [0.1, 0.15) is 138 Å². The van der Waals surface area contributed by atoms with E-state index in [4.69, 9.17) is 9.47 Å². The average molecular weight is 629 g/mol. The number of carbonyl (C=O) groups is 3. The fourth-order valence-corrected chi connectivity index (χ4v) is 9.56. The molecule has 0 aromatic rings. The number of fused-ring (bicyclic) bond motifs is 5. The first kappa shape index (κ1) is 35.9. The lowest BCUT2D eigenvalue weighted by atomic mass is 9.59. The molecule has 254 valence electrons. The van der Waals surface area contributed by atoms with Gasteiger partial charge in [-0.05, 0) is 36.8 Å². The number of rotatable bonds is 17. The van der Waals surface area contributed by atoms with Gasteiger partial charge in [-0.25, -0.2) is 0 Å². The zero-order valence-electron chi connectivity index (χ0n) is 28.9. The van der Waals surface area contributed by atoms with Crippen LogP contribution < -0.4 is 0 Å². The number of unbranched alkanes of at least 4 members (excludes halogenated alkanes) is 12. The summed E-state index contributed by atoms with van der Waals surface area (Å²) in [7, 11) is 0. The molecule has 0 aliphatic heterocycles. The van der Waals surface area contributed by atoms with Gasteiger partial charge in [0.05, 0.1) is 12.2 Å². The van der Waals surface area contributed by atoms with Crippen molar-refractivity contribution in [3.05, 3.63) is 23.3 Å². The lowest BCUT2D eigenvalue weighted by Crippen LogP contribution is -2.64. The molecule has 2 saturated carbocycles. The number of Topliss-reactive ketones (excluding diaryl/α,β-unsaturated/α-hetero) is 1. The molecule has 4 aliphatic carbocycles. The Bertz CT molecular complexity index is 1140. The fourth-order valence-electron chi connectivity index (χ4n) is 9.56. The average Bonchev–Trinajstić information content (AvgIpc) is 3.38. The number of aliphatic hydroxyl groups excluding tert-OH is 1. The number of hydrogen-bond donors (Lipinski definition) is 2. The predicted molar refractivity (Wildman–Crippen MR) is 175 cm³/mol. The third-order valence-electron chi connectivity index (χ3n) is 12.0. The molecule has 0 saturated heterocycles. The number of hydrogen-bond acceptors (Lipinski definition) is 7. The number of ketones is 1. The molecule has 0 aromatic carbocycles. The molecule has 0 spiro atoms. The number of esters is 2. The second-order valence-corrected chi connectivity index (χ2v) is 15.2. The minimum Gasteiger partial charge on any atom is -0.458 e. The van der Waals surface area contributed by atoms with Gasteiger partial charge in [0.15, 0.2) is 11.4 Å². The monoisotopic (exact) mass is 628 g/mol. The SMILES string of the molecule is CCCCCCCCCCCCCCCC(=O)O[C@@H]1[C@@H](C)[C@]2(O)C3C=C(C)C(=O)C3C=C(CO)CC2C2C(C)(C)[C@@]21OC(C)=O. The molecule has 7 heteroatoms. The standard InChI is InChI=1S/C38H60O7/c1-7-8-9-10-11-12-13-14-15-16-17-18-19-20-32(41)44-35-26(3)37(43)30-21-25(2)33(42)29(30)22-28(24-39)23-31(37)34-36(5,6)38(34,35)45-27(4)40/h21-22,26,29-31,34-35,39,43H,7-20,23-24H2,1-6H3/t26-,29?,30?,31?,34?,35-,37+,38-/m1/s1. The first-order chi connectivity index (χ1) is 21.4. The van der Waals surface area contributed by atoms with Crippen molar-refractivity contribution in [2.24, 2.45) is 35.0 Å². The second-order valence-electron chi connectivity index (χ2n) is 15.2. The third kappa shape index (κ3) is 6.86. The summed E-state index contributed by atoms with van der Waals surface area (Å²) in [5.41, 5.74) is -1.74. The molecule has 4 unspecified atom stereocenters. The maximum Gasteiger partial charge on any atom is 0.306 e. The van der Waals surface area contributed by atoms with Crippen molar-refractivity contribution in [2.45, 2.75) is 155 Å². The van der Waals surface area contributed by atoms with Crippen molar-refractivity contribution in [3.63, 3.8) is 0 Å². The largest absolute Gasteiger partial charge is 0.458 e. The van der Waals surface area contributed by atoms with Crippen LogP contribution in [0.25, 0.3) is 0 Å². The van der Waals surface area contributed by atoms with Crippen molar-refractivity contribution >= 4 is 17.7 Å².